The molecular weight excluding hydrogens is 274 g/mol. The molecule has 3 aromatic rings. The Labute approximate surface area is 121 Å². The molecule has 0 fully saturated rings. The lowest BCUT2D eigenvalue weighted by Gasteiger charge is -2.08. The van der Waals surface area contributed by atoms with Crippen LogP contribution in [0.4, 0.5) is 5.95 Å². The maximum absolute atomic E-state index is 6.11. The van der Waals surface area contributed by atoms with Gasteiger partial charge in [-0.25, -0.2) is 4.98 Å². The Hall–Kier alpha value is -2.20. The first-order chi connectivity index (χ1) is 9.75. The van der Waals surface area contributed by atoms with Gasteiger partial charge in [0.1, 0.15) is 17.9 Å². The summed E-state index contributed by atoms with van der Waals surface area (Å²) in [6.07, 6.45) is 0. The molecular formula is C15H14ClN3O. The fraction of sp³-hybridized carbons (Fsp3) is 0.133. The van der Waals surface area contributed by atoms with Gasteiger partial charge in [0.2, 0.25) is 5.95 Å². The standard InChI is InChI=1S/C15H14ClN3O/c16-12-7-4-8-13-14(12)18-15(17)19(13)9-10-20-11-5-2-1-3-6-11/h1-8H,9-10H2,(H2,17,18). The van der Waals surface area contributed by atoms with Gasteiger partial charge in [-0.15, -0.1) is 0 Å². The van der Waals surface area contributed by atoms with E-state index in [-0.39, 0.29) is 0 Å². The summed E-state index contributed by atoms with van der Waals surface area (Å²) >= 11 is 6.11. The predicted molar refractivity (Wildman–Crippen MR) is 81.1 cm³/mol. The Kier molecular flexibility index (Phi) is 3.48. The Morgan fingerprint density at radius 1 is 1.10 bits per heavy atom. The fourth-order valence-electron chi connectivity index (χ4n) is 2.14. The van der Waals surface area contributed by atoms with Crippen LogP contribution >= 0.6 is 11.6 Å². The van der Waals surface area contributed by atoms with Crippen molar-refractivity contribution in [3.8, 4) is 5.75 Å². The number of nitrogens with two attached hydrogens (primary N) is 1. The normalized spacial score (nSPS) is 10.8. The van der Waals surface area contributed by atoms with Crippen molar-refractivity contribution in [1.29, 1.82) is 0 Å². The molecule has 0 aliphatic heterocycles. The SMILES string of the molecule is Nc1nc2c(Cl)cccc2n1CCOc1ccccc1. The number of nitrogens with zero attached hydrogens (tertiary/aromatic N) is 2. The Morgan fingerprint density at radius 2 is 1.90 bits per heavy atom. The summed E-state index contributed by atoms with van der Waals surface area (Å²) in [5, 5.41) is 0.608. The number of para-hydroxylation sites is 2. The molecule has 0 spiro atoms. The second-order valence-electron chi connectivity index (χ2n) is 4.39. The first-order valence-electron chi connectivity index (χ1n) is 6.34. The van der Waals surface area contributed by atoms with Crippen molar-refractivity contribution >= 4 is 28.6 Å². The average Bonchev–Trinajstić information content (AvgIpc) is 2.78. The summed E-state index contributed by atoms with van der Waals surface area (Å²) in [7, 11) is 0. The van der Waals surface area contributed by atoms with Crippen LogP contribution in [0.1, 0.15) is 0 Å². The number of anilines is 1. The van der Waals surface area contributed by atoms with E-state index in [2.05, 4.69) is 4.98 Å². The highest BCUT2D eigenvalue weighted by Gasteiger charge is 2.10. The molecule has 2 N–H and O–H groups in total. The summed E-state index contributed by atoms with van der Waals surface area (Å²) < 4.78 is 7.58. The first-order valence-corrected chi connectivity index (χ1v) is 6.71. The highest BCUT2D eigenvalue weighted by Crippen LogP contribution is 2.24. The highest BCUT2D eigenvalue weighted by atomic mass is 35.5. The van der Waals surface area contributed by atoms with Crippen LogP contribution in [-0.4, -0.2) is 16.2 Å². The van der Waals surface area contributed by atoms with E-state index in [4.69, 9.17) is 22.1 Å². The van der Waals surface area contributed by atoms with Crippen LogP contribution in [0.3, 0.4) is 0 Å². The zero-order valence-corrected chi connectivity index (χ0v) is 11.5. The first kappa shape index (κ1) is 12.8. The smallest absolute Gasteiger partial charge is 0.201 e. The van der Waals surface area contributed by atoms with Crippen molar-refractivity contribution in [2.24, 2.45) is 0 Å². The van der Waals surface area contributed by atoms with Gasteiger partial charge in [0.25, 0.3) is 0 Å². The molecule has 2 aromatic carbocycles. The average molecular weight is 288 g/mol. The van der Waals surface area contributed by atoms with Crippen LogP contribution in [0.25, 0.3) is 11.0 Å². The van der Waals surface area contributed by atoms with Crippen LogP contribution in [0, 0.1) is 0 Å². The summed E-state index contributed by atoms with van der Waals surface area (Å²) in [6.45, 7) is 1.14. The number of imidazole rings is 1. The number of benzene rings is 2. The van der Waals surface area contributed by atoms with Crippen LogP contribution < -0.4 is 10.5 Å². The van der Waals surface area contributed by atoms with Crippen molar-refractivity contribution in [3.05, 3.63) is 53.6 Å². The summed E-state index contributed by atoms with van der Waals surface area (Å²) in [5.74, 6) is 1.29. The number of hydrogen-bond acceptors (Lipinski definition) is 3. The molecule has 0 amide bonds. The number of ether oxygens (including phenoxy) is 1. The molecule has 1 heterocycles. The van der Waals surface area contributed by atoms with Crippen LogP contribution in [0.15, 0.2) is 48.5 Å². The van der Waals surface area contributed by atoms with Crippen LogP contribution in [0.5, 0.6) is 5.75 Å². The molecule has 20 heavy (non-hydrogen) atoms. The summed E-state index contributed by atoms with van der Waals surface area (Å²) in [6, 6.07) is 15.3. The van der Waals surface area contributed by atoms with Gasteiger partial charge in [0, 0.05) is 0 Å². The maximum atomic E-state index is 6.11. The van der Waals surface area contributed by atoms with Gasteiger partial charge in [0.15, 0.2) is 0 Å². The van der Waals surface area contributed by atoms with E-state index in [1.807, 2.05) is 47.0 Å². The molecule has 0 aliphatic carbocycles. The third kappa shape index (κ3) is 2.42. The van der Waals surface area contributed by atoms with E-state index in [9.17, 15) is 0 Å². The van der Waals surface area contributed by atoms with Crippen molar-refractivity contribution in [2.75, 3.05) is 12.3 Å². The number of aromatic nitrogens is 2. The monoisotopic (exact) mass is 287 g/mol. The molecule has 0 saturated heterocycles. The second-order valence-corrected chi connectivity index (χ2v) is 4.80. The highest BCUT2D eigenvalue weighted by molar-refractivity contribution is 6.35. The molecule has 3 rings (SSSR count). The lowest BCUT2D eigenvalue weighted by molar-refractivity contribution is 0.301. The molecule has 1 aromatic heterocycles. The molecule has 0 saturated carbocycles. The molecule has 0 bridgehead atoms. The van der Waals surface area contributed by atoms with Crippen molar-refractivity contribution < 1.29 is 4.74 Å². The third-order valence-corrected chi connectivity index (χ3v) is 3.39. The van der Waals surface area contributed by atoms with Gasteiger partial charge in [-0.1, -0.05) is 35.9 Å². The van der Waals surface area contributed by atoms with Crippen molar-refractivity contribution in [2.45, 2.75) is 6.54 Å². The van der Waals surface area contributed by atoms with Gasteiger partial charge in [0.05, 0.1) is 17.1 Å². The molecule has 0 unspecified atom stereocenters. The summed E-state index contributed by atoms with van der Waals surface area (Å²) in [5.41, 5.74) is 7.59. The van der Waals surface area contributed by atoms with Crippen LogP contribution in [0.2, 0.25) is 5.02 Å². The van der Waals surface area contributed by atoms with Gasteiger partial charge in [-0.05, 0) is 24.3 Å². The Balaban J connectivity index is 1.78. The van der Waals surface area contributed by atoms with Gasteiger partial charge in [-0.3, -0.25) is 0 Å². The predicted octanol–water partition coefficient (Wildman–Crippen LogP) is 3.35. The summed E-state index contributed by atoms with van der Waals surface area (Å²) in [4.78, 5) is 4.29. The number of rotatable bonds is 4. The van der Waals surface area contributed by atoms with Crippen LogP contribution in [-0.2, 0) is 6.54 Å². The maximum Gasteiger partial charge on any atom is 0.201 e. The topological polar surface area (TPSA) is 53.1 Å². The van der Waals surface area contributed by atoms with E-state index >= 15 is 0 Å². The number of hydrogen-bond donors (Lipinski definition) is 1. The Morgan fingerprint density at radius 3 is 2.70 bits per heavy atom. The third-order valence-electron chi connectivity index (χ3n) is 3.09. The minimum Gasteiger partial charge on any atom is -0.492 e. The van der Waals surface area contributed by atoms with E-state index in [1.165, 1.54) is 0 Å². The lowest BCUT2D eigenvalue weighted by atomic mass is 10.3. The molecule has 4 nitrogen and oxygen atoms in total. The molecule has 0 atom stereocenters. The van der Waals surface area contributed by atoms with Gasteiger partial charge < -0.3 is 15.0 Å². The second kappa shape index (κ2) is 5.43. The zero-order valence-electron chi connectivity index (χ0n) is 10.8. The van der Waals surface area contributed by atoms with E-state index in [1.54, 1.807) is 6.07 Å². The minimum atomic E-state index is 0.449. The number of nitrogen functional groups attached to an aromatic ring is 1. The number of halogens is 1. The molecule has 0 radical (unpaired) electrons. The Bertz CT molecular complexity index is 725. The van der Waals surface area contributed by atoms with Crippen molar-refractivity contribution in [3.63, 3.8) is 0 Å². The van der Waals surface area contributed by atoms with Gasteiger partial charge in [-0.2, -0.15) is 0 Å². The molecule has 102 valence electrons. The van der Waals surface area contributed by atoms with Gasteiger partial charge >= 0.3 is 0 Å². The minimum absolute atomic E-state index is 0.449. The molecule has 5 heteroatoms. The van der Waals surface area contributed by atoms with E-state index in [0.717, 1.165) is 16.8 Å². The molecule has 0 aliphatic rings. The zero-order chi connectivity index (χ0) is 13.9. The van der Waals surface area contributed by atoms with E-state index < -0.39 is 0 Å². The van der Waals surface area contributed by atoms with Crippen molar-refractivity contribution in [1.82, 2.24) is 9.55 Å². The quantitative estimate of drug-likeness (QED) is 0.800. The lowest BCUT2D eigenvalue weighted by Crippen LogP contribution is -2.10. The van der Waals surface area contributed by atoms with E-state index in [0.29, 0.717) is 24.1 Å². The fourth-order valence-corrected chi connectivity index (χ4v) is 2.35. The largest absolute Gasteiger partial charge is 0.492 e. The number of fused-ring (bicyclic) bond motifs is 1.